The Morgan fingerprint density at radius 1 is 1.37 bits per heavy atom. The molecule has 0 radical (unpaired) electrons. The predicted octanol–water partition coefficient (Wildman–Crippen LogP) is 3.03. The minimum Gasteiger partial charge on any atom is -0.481 e. The summed E-state index contributed by atoms with van der Waals surface area (Å²) in [7, 11) is 1.56. The molecule has 3 heterocycles. The van der Waals surface area contributed by atoms with E-state index in [-0.39, 0.29) is 5.69 Å². The number of H-pyrrole nitrogens is 1. The van der Waals surface area contributed by atoms with Crippen molar-refractivity contribution in [3.05, 3.63) is 77.2 Å². The number of allylic oxidation sites excluding steroid dienone is 4. The van der Waals surface area contributed by atoms with Crippen molar-refractivity contribution in [2.24, 2.45) is 0 Å². The average Bonchev–Trinajstić information content (AvgIpc) is 3.01. The van der Waals surface area contributed by atoms with E-state index in [2.05, 4.69) is 32.2 Å². The van der Waals surface area contributed by atoms with E-state index < -0.39 is 0 Å². The van der Waals surface area contributed by atoms with Crippen LogP contribution in [0.4, 0.5) is 0 Å². The van der Waals surface area contributed by atoms with Gasteiger partial charge in [0.05, 0.1) is 25.5 Å². The van der Waals surface area contributed by atoms with E-state index in [4.69, 9.17) is 4.74 Å². The van der Waals surface area contributed by atoms with Gasteiger partial charge >= 0.3 is 5.69 Å². The minimum absolute atomic E-state index is 0.268. The zero-order valence-electron chi connectivity index (χ0n) is 15.1. The molecule has 0 saturated heterocycles. The number of methoxy groups -OCH3 is 1. The highest BCUT2D eigenvalue weighted by atomic mass is 16.5. The first-order valence-corrected chi connectivity index (χ1v) is 8.31. The van der Waals surface area contributed by atoms with E-state index in [1.807, 2.05) is 19.1 Å². The summed E-state index contributed by atoms with van der Waals surface area (Å²) < 4.78 is 6.62. The van der Waals surface area contributed by atoms with Gasteiger partial charge in [-0.05, 0) is 30.7 Å². The van der Waals surface area contributed by atoms with Crippen LogP contribution in [0.15, 0.2) is 71.5 Å². The van der Waals surface area contributed by atoms with Gasteiger partial charge in [0.2, 0.25) is 5.88 Å². The average molecular weight is 361 g/mol. The molecule has 27 heavy (non-hydrogen) atoms. The molecule has 7 nitrogen and oxygen atoms in total. The molecule has 0 aliphatic carbocycles. The Hall–Kier alpha value is -3.70. The summed E-state index contributed by atoms with van der Waals surface area (Å²) in [5.41, 5.74) is 5.96. The summed E-state index contributed by atoms with van der Waals surface area (Å²) in [6.45, 7) is 5.87. The van der Waals surface area contributed by atoms with Crippen LogP contribution in [-0.4, -0.2) is 31.6 Å². The number of aromatic amines is 1. The van der Waals surface area contributed by atoms with Crippen LogP contribution in [0.25, 0.3) is 22.6 Å². The number of fused-ring (bicyclic) bond motifs is 1. The lowest BCUT2D eigenvalue weighted by Crippen LogP contribution is -2.17. The molecule has 1 N–H and O–H groups in total. The molecule has 0 spiro atoms. The Labute approximate surface area is 156 Å². The maximum Gasteiger partial charge on any atom is 0.329 e. The van der Waals surface area contributed by atoms with Crippen LogP contribution in [0.1, 0.15) is 6.92 Å². The normalized spacial score (nSPS) is 11.1. The van der Waals surface area contributed by atoms with Gasteiger partial charge in [0, 0.05) is 17.8 Å². The summed E-state index contributed by atoms with van der Waals surface area (Å²) in [6.07, 6.45) is 10.3. The third-order valence-corrected chi connectivity index (χ3v) is 3.92. The van der Waals surface area contributed by atoms with Gasteiger partial charge in [0.15, 0.2) is 11.3 Å². The molecule has 136 valence electrons. The highest BCUT2D eigenvalue weighted by Crippen LogP contribution is 2.19. The second kappa shape index (κ2) is 8.12. The molecular weight excluding hydrogens is 342 g/mol. The first-order valence-electron chi connectivity index (χ1n) is 8.31. The van der Waals surface area contributed by atoms with Crippen molar-refractivity contribution >= 4 is 11.3 Å². The lowest BCUT2D eigenvalue weighted by Gasteiger charge is -2.05. The van der Waals surface area contributed by atoms with Crippen molar-refractivity contribution in [3.8, 4) is 17.1 Å². The van der Waals surface area contributed by atoms with Gasteiger partial charge in [-0.1, -0.05) is 18.7 Å². The summed E-state index contributed by atoms with van der Waals surface area (Å²) >= 11 is 0. The van der Waals surface area contributed by atoms with Gasteiger partial charge in [-0.3, -0.25) is 9.55 Å². The smallest absolute Gasteiger partial charge is 0.329 e. The topological polar surface area (TPSA) is 85.7 Å². The first kappa shape index (κ1) is 18.1. The van der Waals surface area contributed by atoms with Gasteiger partial charge in [0.1, 0.15) is 0 Å². The highest BCUT2D eigenvalue weighted by molar-refractivity contribution is 5.70. The van der Waals surface area contributed by atoms with Crippen molar-refractivity contribution in [2.45, 2.75) is 13.5 Å². The van der Waals surface area contributed by atoms with Crippen molar-refractivity contribution in [2.75, 3.05) is 7.11 Å². The molecule has 0 fully saturated rings. The number of nitrogens with zero attached hydrogens (tertiary/aromatic N) is 4. The lowest BCUT2D eigenvalue weighted by atomic mass is 10.2. The molecule has 0 saturated carbocycles. The Morgan fingerprint density at radius 2 is 2.22 bits per heavy atom. The monoisotopic (exact) mass is 361 g/mol. The molecule has 0 atom stereocenters. The second-order valence-electron chi connectivity index (χ2n) is 5.61. The van der Waals surface area contributed by atoms with Gasteiger partial charge in [0.25, 0.3) is 0 Å². The minimum atomic E-state index is -0.268. The molecule has 3 aromatic rings. The third-order valence-electron chi connectivity index (χ3n) is 3.92. The number of rotatable bonds is 6. The molecule has 3 rings (SSSR count). The van der Waals surface area contributed by atoms with Crippen LogP contribution in [0.3, 0.4) is 0 Å². The maximum atomic E-state index is 12.4. The van der Waals surface area contributed by atoms with Crippen LogP contribution in [-0.2, 0) is 6.54 Å². The standard InChI is InChI=1S/C20H19N5O2/c1-4-6-7-8-14(5-2)13-25-19-18(24-20(25)26)22-12-16(23-19)15-9-10-17(27-3)21-11-15/h4-6,8-12H,1,13H2,2-3H3,(H,22,24,26)/b14-5+. The molecular formula is C20H19N5O2. The van der Waals surface area contributed by atoms with Crippen molar-refractivity contribution in [1.29, 1.82) is 0 Å². The third kappa shape index (κ3) is 3.94. The Morgan fingerprint density at radius 3 is 2.89 bits per heavy atom. The van der Waals surface area contributed by atoms with E-state index in [9.17, 15) is 4.79 Å². The maximum absolute atomic E-state index is 12.4. The highest BCUT2D eigenvalue weighted by Gasteiger charge is 2.12. The quantitative estimate of drug-likeness (QED) is 0.539. The Kier molecular flexibility index (Phi) is 5.44. The molecule has 3 aromatic heterocycles. The number of aromatic nitrogens is 5. The van der Waals surface area contributed by atoms with Crippen molar-refractivity contribution < 1.29 is 4.74 Å². The van der Waals surface area contributed by atoms with Crippen molar-refractivity contribution in [3.63, 3.8) is 0 Å². The molecule has 0 aromatic carbocycles. The predicted molar refractivity (Wildman–Crippen MR) is 105 cm³/mol. The fourth-order valence-electron chi connectivity index (χ4n) is 2.49. The number of pyridine rings is 1. The number of nitrogens with one attached hydrogen (secondary N) is 1. The fourth-order valence-corrected chi connectivity index (χ4v) is 2.49. The Bertz CT molecular complexity index is 1110. The van der Waals surface area contributed by atoms with E-state index >= 15 is 0 Å². The number of imidazole rings is 1. The van der Waals surface area contributed by atoms with Gasteiger partial charge in [-0.15, -0.1) is 5.73 Å². The van der Waals surface area contributed by atoms with E-state index in [0.717, 1.165) is 11.1 Å². The van der Waals surface area contributed by atoms with Crippen LogP contribution in [0.2, 0.25) is 0 Å². The van der Waals surface area contributed by atoms with Gasteiger partial charge in [-0.25, -0.2) is 19.7 Å². The van der Waals surface area contributed by atoms with E-state index in [0.29, 0.717) is 29.4 Å². The molecule has 7 heteroatoms. The number of hydrogen-bond acceptors (Lipinski definition) is 5. The van der Waals surface area contributed by atoms with Gasteiger partial charge < -0.3 is 4.74 Å². The first-order chi connectivity index (χ1) is 13.2. The molecule has 0 bridgehead atoms. The number of ether oxygens (including phenoxy) is 1. The zero-order chi connectivity index (χ0) is 19.2. The molecule has 0 aliphatic rings. The summed E-state index contributed by atoms with van der Waals surface area (Å²) in [5, 5.41) is 0. The molecule has 0 aliphatic heterocycles. The largest absolute Gasteiger partial charge is 0.481 e. The van der Waals surface area contributed by atoms with Gasteiger partial charge in [-0.2, -0.15) is 0 Å². The second-order valence-corrected chi connectivity index (χ2v) is 5.61. The zero-order valence-corrected chi connectivity index (χ0v) is 15.1. The number of hydrogen-bond donors (Lipinski definition) is 1. The van der Waals surface area contributed by atoms with E-state index in [1.165, 1.54) is 0 Å². The summed E-state index contributed by atoms with van der Waals surface area (Å²) in [4.78, 5) is 28.2. The van der Waals surface area contributed by atoms with Crippen LogP contribution in [0, 0.1) is 0 Å². The summed E-state index contributed by atoms with van der Waals surface area (Å²) in [6, 6.07) is 3.59. The van der Waals surface area contributed by atoms with E-state index in [1.54, 1.807) is 48.4 Å². The van der Waals surface area contributed by atoms with Crippen molar-refractivity contribution in [1.82, 2.24) is 24.5 Å². The fraction of sp³-hybridized carbons (Fsp3) is 0.150. The van der Waals surface area contributed by atoms with Crippen LogP contribution >= 0.6 is 0 Å². The van der Waals surface area contributed by atoms with Crippen LogP contribution in [0.5, 0.6) is 5.88 Å². The van der Waals surface area contributed by atoms with Crippen LogP contribution < -0.4 is 10.4 Å². The SMILES string of the molecule is C=CC=C=C/C(=C\C)Cn1c(=O)[nH]c2ncc(-c3ccc(OC)nc3)nc21. The molecule has 0 amide bonds. The lowest BCUT2D eigenvalue weighted by molar-refractivity contribution is 0.398. The molecule has 0 unspecified atom stereocenters. The summed E-state index contributed by atoms with van der Waals surface area (Å²) in [5.74, 6) is 0.517. The Balaban J connectivity index is 2.03.